The molecule has 0 bridgehead atoms. The molecule has 0 atom stereocenters. The lowest BCUT2D eigenvalue weighted by atomic mass is 10.1. The van der Waals surface area contributed by atoms with Crippen molar-refractivity contribution in [2.45, 2.75) is 13.5 Å². The van der Waals surface area contributed by atoms with Gasteiger partial charge >= 0.3 is 0 Å². The van der Waals surface area contributed by atoms with Crippen molar-refractivity contribution in [3.63, 3.8) is 0 Å². The van der Waals surface area contributed by atoms with Crippen molar-refractivity contribution in [1.82, 2.24) is 4.90 Å². The summed E-state index contributed by atoms with van der Waals surface area (Å²) in [6.07, 6.45) is 0. The molecule has 0 heterocycles. The molecule has 0 aliphatic carbocycles. The number of hydrogen-bond donors (Lipinski definition) is 0. The highest BCUT2D eigenvalue weighted by Crippen LogP contribution is 2.09. The van der Waals surface area contributed by atoms with Gasteiger partial charge in [-0.1, -0.05) is 40.2 Å². The lowest BCUT2D eigenvalue weighted by Crippen LogP contribution is -2.20. The van der Waals surface area contributed by atoms with Crippen LogP contribution in [0.4, 0.5) is 0 Å². The molecule has 0 amide bonds. The van der Waals surface area contributed by atoms with E-state index in [2.05, 4.69) is 59.1 Å². The van der Waals surface area contributed by atoms with E-state index >= 15 is 0 Å². The van der Waals surface area contributed by atoms with Gasteiger partial charge < -0.3 is 4.90 Å². The number of nitrogens with zero attached hydrogens (tertiary/aromatic N) is 1. The molecule has 0 aromatic heterocycles. The second-order valence-electron chi connectivity index (χ2n) is 3.35. The number of alkyl halides is 1. The highest BCUT2D eigenvalue weighted by Gasteiger charge is 2.00. The summed E-state index contributed by atoms with van der Waals surface area (Å²) in [7, 11) is 2.15. The molecule has 0 unspecified atom stereocenters. The zero-order chi connectivity index (χ0) is 9.68. The van der Waals surface area contributed by atoms with E-state index in [1.807, 2.05) is 0 Å². The molecular formula is C11H16BrN. The third-order valence-corrected chi connectivity index (χ3v) is 2.52. The minimum atomic E-state index is 1.04. The van der Waals surface area contributed by atoms with E-state index in [9.17, 15) is 0 Å². The monoisotopic (exact) mass is 241 g/mol. The molecule has 0 aliphatic rings. The van der Waals surface area contributed by atoms with Gasteiger partial charge in [-0.15, -0.1) is 0 Å². The van der Waals surface area contributed by atoms with E-state index in [1.54, 1.807) is 0 Å². The number of hydrogen-bond acceptors (Lipinski definition) is 1. The summed E-state index contributed by atoms with van der Waals surface area (Å²) in [5.41, 5.74) is 2.80. The van der Waals surface area contributed by atoms with Crippen molar-refractivity contribution >= 4 is 15.9 Å². The molecular weight excluding hydrogens is 226 g/mol. The fraction of sp³-hybridized carbons (Fsp3) is 0.455. The normalized spacial score (nSPS) is 10.8. The zero-order valence-corrected chi connectivity index (χ0v) is 9.84. The molecule has 13 heavy (non-hydrogen) atoms. The molecule has 1 rings (SSSR count). The van der Waals surface area contributed by atoms with Crippen molar-refractivity contribution in [2.75, 3.05) is 18.9 Å². The highest BCUT2D eigenvalue weighted by molar-refractivity contribution is 9.09. The third kappa shape index (κ3) is 3.49. The Kier molecular flexibility index (Phi) is 4.46. The standard InChI is InChI=1S/C11H16BrN/c1-10-5-3-4-6-11(10)9-13(2)8-7-12/h3-6H,7-9H2,1-2H3. The van der Waals surface area contributed by atoms with E-state index in [1.165, 1.54) is 11.1 Å². The Labute approximate surface area is 88.9 Å². The summed E-state index contributed by atoms with van der Waals surface area (Å²) in [6.45, 7) is 4.30. The number of aryl methyl sites for hydroxylation is 1. The van der Waals surface area contributed by atoms with Crippen molar-refractivity contribution in [1.29, 1.82) is 0 Å². The second-order valence-corrected chi connectivity index (χ2v) is 4.15. The van der Waals surface area contributed by atoms with Crippen LogP contribution in [0, 0.1) is 6.92 Å². The molecule has 0 N–H and O–H groups in total. The number of rotatable bonds is 4. The molecule has 0 saturated carbocycles. The summed E-state index contributed by atoms with van der Waals surface area (Å²) in [5.74, 6) is 0. The third-order valence-electron chi connectivity index (χ3n) is 2.17. The molecule has 0 fully saturated rings. The molecule has 72 valence electrons. The summed E-state index contributed by atoms with van der Waals surface area (Å²) in [4.78, 5) is 2.32. The maximum Gasteiger partial charge on any atom is 0.0233 e. The molecule has 1 aromatic rings. The van der Waals surface area contributed by atoms with Crippen LogP contribution in [0.15, 0.2) is 24.3 Å². The average Bonchev–Trinajstić information content (AvgIpc) is 2.09. The smallest absolute Gasteiger partial charge is 0.0233 e. The maximum atomic E-state index is 3.44. The second kappa shape index (κ2) is 5.40. The average molecular weight is 242 g/mol. The first kappa shape index (κ1) is 10.7. The Morgan fingerprint density at radius 3 is 2.62 bits per heavy atom. The van der Waals surface area contributed by atoms with Gasteiger partial charge in [0.25, 0.3) is 0 Å². The Morgan fingerprint density at radius 1 is 1.31 bits per heavy atom. The minimum absolute atomic E-state index is 1.04. The lowest BCUT2D eigenvalue weighted by Gasteiger charge is -2.16. The van der Waals surface area contributed by atoms with Crippen LogP contribution in [0.25, 0.3) is 0 Å². The van der Waals surface area contributed by atoms with Gasteiger partial charge in [0.2, 0.25) is 0 Å². The van der Waals surface area contributed by atoms with Crippen LogP contribution in [0.3, 0.4) is 0 Å². The summed E-state index contributed by atoms with van der Waals surface area (Å²) < 4.78 is 0. The molecule has 1 aromatic carbocycles. The van der Waals surface area contributed by atoms with Gasteiger partial charge in [0.1, 0.15) is 0 Å². The molecule has 0 aliphatic heterocycles. The van der Waals surface area contributed by atoms with Crippen molar-refractivity contribution in [3.05, 3.63) is 35.4 Å². The lowest BCUT2D eigenvalue weighted by molar-refractivity contribution is 0.349. The fourth-order valence-electron chi connectivity index (χ4n) is 1.30. The van der Waals surface area contributed by atoms with E-state index in [-0.39, 0.29) is 0 Å². The fourth-order valence-corrected chi connectivity index (χ4v) is 1.91. The maximum absolute atomic E-state index is 3.44. The van der Waals surface area contributed by atoms with Crippen LogP contribution >= 0.6 is 15.9 Å². The van der Waals surface area contributed by atoms with Crippen LogP contribution in [-0.2, 0) is 6.54 Å². The Balaban J connectivity index is 2.58. The van der Waals surface area contributed by atoms with Gasteiger partial charge in [-0.25, -0.2) is 0 Å². The quantitative estimate of drug-likeness (QED) is 0.734. The predicted octanol–water partition coefficient (Wildman–Crippen LogP) is 2.82. The van der Waals surface area contributed by atoms with Crippen LogP contribution in [0.5, 0.6) is 0 Å². The number of halogens is 1. The summed E-state index contributed by atoms with van der Waals surface area (Å²) >= 11 is 3.44. The van der Waals surface area contributed by atoms with Crippen molar-refractivity contribution in [2.24, 2.45) is 0 Å². The van der Waals surface area contributed by atoms with E-state index in [4.69, 9.17) is 0 Å². The minimum Gasteiger partial charge on any atom is -0.301 e. The summed E-state index contributed by atoms with van der Waals surface area (Å²) in [6, 6.07) is 8.55. The molecule has 0 spiro atoms. The molecule has 0 saturated heterocycles. The van der Waals surface area contributed by atoms with Crippen LogP contribution in [0.2, 0.25) is 0 Å². The highest BCUT2D eigenvalue weighted by atomic mass is 79.9. The van der Waals surface area contributed by atoms with Crippen LogP contribution < -0.4 is 0 Å². The SMILES string of the molecule is Cc1ccccc1CN(C)CCBr. The topological polar surface area (TPSA) is 3.24 Å². The van der Waals surface area contributed by atoms with Gasteiger partial charge in [0.05, 0.1) is 0 Å². The zero-order valence-electron chi connectivity index (χ0n) is 8.26. The van der Waals surface area contributed by atoms with E-state index in [0.717, 1.165) is 18.4 Å². The van der Waals surface area contributed by atoms with Gasteiger partial charge in [-0.3, -0.25) is 0 Å². The van der Waals surface area contributed by atoms with Gasteiger partial charge in [-0.2, -0.15) is 0 Å². The Morgan fingerprint density at radius 2 is 2.00 bits per heavy atom. The first-order valence-corrected chi connectivity index (χ1v) is 5.65. The summed E-state index contributed by atoms with van der Waals surface area (Å²) in [5, 5.41) is 1.04. The van der Waals surface area contributed by atoms with Gasteiger partial charge in [-0.05, 0) is 25.1 Å². The first-order valence-electron chi connectivity index (χ1n) is 4.53. The largest absolute Gasteiger partial charge is 0.301 e. The van der Waals surface area contributed by atoms with Gasteiger partial charge in [0, 0.05) is 18.4 Å². The predicted molar refractivity (Wildman–Crippen MR) is 61.3 cm³/mol. The number of benzene rings is 1. The Bertz CT molecular complexity index is 260. The first-order chi connectivity index (χ1) is 6.24. The molecule has 2 heteroatoms. The molecule has 1 nitrogen and oxygen atoms in total. The van der Waals surface area contributed by atoms with E-state index in [0.29, 0.717) is 0 Å². The van der Waals surface area contributed by atoms with E-state index < -0.39 is 0 Å². The van der Waals surface area contributed by atoms with Crippen molar-refractivity contribution < 1.29 is 0 Å². The van der Waals surface area contributed by atoms with Crippen molar-refractivity contribution in [3.8, 4) is 0 Å². The molecule has 0 radical (unpaired) electrons. The van der Waals surface area contributed by atoms with Crippen LogP contribution in [-0.4, -0.2) is 23.8 Å². The Hall–Kier alpha value is -0.340. The van der Waals surface area contributed by atoms with Crippen LogP contribution in [0.1, 0.15) is 11.1 Å². The van der Waals surface area contributed by atoms with Gasteiger partial charge in [0.15, 0.2) is 0 Å².